The highest BCUT2D eigenvalue weighted by molar-refractivity contribution is 6.49. The molecule has 8 heteroatoms. The van der Waals surface area contributed by atoms with Crippen LogP contribution in [0.4, 0.5) is 5.69 Å². The van der Waals surface area contributed by atoms with E-state index in [0.717, 1.165) is 22.8 Å². The quantitative estimate of drug-likeness (QED) is 0.347. The minimum atomic E-state index is -0.0233. The first kappa shape index (κ1) is 11.6. The number of amidine groups is 1. The monoisotopic (exact) mass is 281 g/mol. The first-order valence-corrected chi connectivity index (χ1v) is 6.30. The van der Waals surface area contributed by atoms with Crippen molar-refractivity contribution in [3.63, 3.8) is 0 Å². The molecule has 0 saturated heterocycles. The third-order valence-electron chi connectivity index (χ3n) is 3.51. The van der Waals surface area contributed by atoms with Gasteiger partial charge in [-0.05, 0) is 12.1 Å². The van der Waals surface area contributed by atoms with Crippen molar-refractivity contribution in [2.75, 3.05) is 11.6 Å². The fraction of sp³-hybridized carbons (Fsp3) is 0.0769. The summed E-state index contributed by atoms with van der Waals surface area (Å²) in [6, 6.07) is 7.86. The van der Waals surface area contributed by atoms with Gasteiger partial charge >= 0.3 is 0 Å². The predicted octanol–water partition coefficient (Wildman–Crippen LogP) is 0.722. The molecule has 0 amide bonds. The number of benzene rings is 1. The third-order valence-corrected chi connectivity index (χ3v) is 3.51. The summed E-state index contributed by atoms with van der Waals surface area (Å²) in [7, 11) is 0. The number of nitrogens with zero attached hydrogens (tertiary/aromatic N) is 6. The molecular weight excluding hydrogens is 270 g/mol. The lowest BCUT2D eigenvalue weighted by Gasteiger charge is -2.19. The minimum absolute atomic E-state index is 0.0233. The van der Waals surface area contributed by atoms with Crippen molar-refractivity contribution < 1.29 is 5.21 Å². The van der Waals surface area contributed by atoms with Gasteiger partial charge in [-0.3, -0.25) is 4.99 Å². The van der Waals surface area contributed by atoms with Crippen LogP contribution in [0.25, 0.3) is 17.6 Å². The van der Waals surface area contributed by atoms with Gasteiger partial charge < -0.3 is 15.8 Å². The molecule has 0 saturated carbocycles. The average Bonchev–Trinajstić information content (AvgIpc) is 3.12. The van der Waals surface area contributed by atoms with Crippen LogP contribution in [-0.2, 0) is 0 Å². The highest BCUT2D eigenvalue weighted by Crippen LogP contribution is 2.36. The van der Waals surface area contributed by atoms with Crippen LogP contribution in [0.2, 0.25) is 0 Å². The first-order chi connectivity index (χ1) is 10.3. The summed E-state index contributed by atoms with van der Waals surface area (Å²) in [6.07, 6.45) is 3.28. The molecular formula is C13H11N7O. The Morgan fingerprint density at radius 3 is 3.05 bits per heavy atom. The maximum Gasteiger partial charge on any atom is 0.190 e. The Morgan fingerprint density at radius 1 is 1.33 bits per heavy atom. The molecule has 0 radical (unpaired) electrons. The summed E-state index contributed by atoms with van der Waals surface area (Å²) in [6.45, 7) is 0.402. The fourth-order valence-electron chi connectivity index (χ4n) is 2.57. The van der Waals surface area contributed by atoms with E-state index in [0.29, 0.717) is 12.4 Å². The van der Waals surface area contributed by atoms with E-state index in [9.17, 15) is 0 Å². The molecule has 1 aromatic carbocycles. The molecule has 0 spiro atoms. The number of fused-ring (bicyclic) bond motifs is 5. The Kier molecular flexibility index (Phi) is 2.31. The predicted molar refractivity (Wildman–Crippen MR) is 77.9 cm³/mol. The van der Waals surface area contributed by atoms with Gasteiger partial charge in [0.2, 0.25) is 0 Å². The van der Waals surface area contributed by atoms with E-state index in [1.165, 1.54) is 6.33 Å². The van der Waals surface area contributed by atoms with Crippen LogP contribution >= 0.6 is 0 Å². The molecule has 1 aromatic heterocycles. The van der Waals surface area contributed by atoms with Gasteiger partial charge in [-0.2, -0.15) is 5.10 Å². The van der Waals surface area contributed by atoms with Gasteiger partial charge in [-0.25, -0.2) is 9.67 Å². The zero-order valence-electron chi connectivity index (χ0n) is 10.9. The van der Waals surface area contributed by atoms with E-state index in [2.05, 4.69) is 20.2 Å². The van der Waals surface area contributed by atoms with Crippen molar-refractivity contribution in [2.24, 2.45) is 15.9 Å². The summed E-state index contributed by atoms with van der Waals surface area (Å²) in [4.78, 5) is 10.6. The van der Waals surface area contributed by atoms with E-state index >= 15 is 0 Å². The molecule has 2 aliphatic heterocycles. The molecule has 0 aliphatic carbocycles. The van der Waals surface area contributed by atoms with E-state index in [1.54, 1.807) is 10.9 Å². The van der Waals surface area contributed by atoms with Crippen molar-refractivity contribution in [3.8, 4) is 11.4 Å². The largest absolute Gasteiger partial charge is 0.409 e. The molecule has 21 heavy (non-hydrogen) atoms. The number of aromatic nitrogens is 3. The normalized spacial score (nSPS) is 16.6. The van der Waals surface area contributed by atoms with Crippen molar-refractivity contribution in [1.82, 2.24) is 14.8 Å². The van der Waals surface area contributed by atoms with Gasteiger partial charge in [-0.15, -0.1) is 0 Å². The Morgan fingerprint density at radius 2 is 2.19 bits per heavy atom. The van der Waals surface area contributed by atoms with E-state index in [1.807, 2.05) is 29.2 Å². The second kappa shape index (κ2) is 4.17. The van der Waals surface area contributed by atoms with Crippen LogP contribution in [0.15, 0.2) is 46.4 Å². The number of aliphatic imine (C=N–C) groups is 1. The Balaban J connectivity index is 1.98. The number of nitrogens with two attached hydrogens (primary N) is 1. The molecule has 104 valence electrons. The number of rotatable bonds is 1. The van der Waals surface area contributed by atoms with Gasteiger partial charge in [0, 0.05) is 5.56 Å². The van der Waals surface area contributed by atoms with Crippen LogP contribution < -0.4 is 10.6 Å². The molecule has 3 heterocycles. The van der Waals surface area contributed by atoms with Crippen LogP contribution in [-0.4, -0.2) is 38.2 Å². The molecule has 4 rings (SSSR count). The van der Waals surface area contributed by atoms with Gasteiger partial charge in [-0.1, -0.05) is 17.3 Å². The number of hydrogen-bond acceptors (Lipinski definition) is 6. The van der Waals surface area contributed by atoms with Gasteiger partial charge in [0.15, 0.2) is 11.7 Å². The van der Waals surface area contributed by atoms with Gasteiger partial charge in [0.05, 0.1) is 17.6 Å². The summed E-state index contributed by atoms with van der Waals surface area (Å²) in [5.74, 6) is 0.719. The molecule has 0 atom stereocenters. The zero-order chi connectivity index (χ0) is 14.4. The lowest BCUT2D eigenvalue weighted by molar-refractivity contribution is 0.319. The standard InChI is InChI=1S/C13H11N7O/c14-12(18-21)11-10-5-20-13(15-6-17-20)8-3-1-2-4-9(8)19(10)7-16-11/h1-6,21H,7H2,(H2,14,18). The number of anilines is 1. The summed E-state index contributed by atoms with van der Waals surface area (Å²) in [5, 5.41) is 16.2. The van der Waals surface area contributed by atoms with E-state index in [4.69, 9.17) is 10.9 Å². The highest BCUT2D eigenvalue weighted by atomic mass is 16.4. The second-order valence-electron chi connectivity index (χ2n) is 4.62. The summed E-state index contributed by atoms with van der Waals surface area (Å²) in [5.41, 5.74) is 8.79. The Bertz CT molecular complexity index is 817. The topological polar surface area (TPSA) is 105 Å². The maximum absolute atomic E-state index is 8.91. The van der Waals surface area contributed by atoms with Crippen molar-refractivity contribution in [3.05, 3.63) is 36.3 Å². The Hall–Kier alpha value is -3.16. The van der Waals surface area contributed by atoms with Crippen LogP contribution in [0.5, 0.6) is 0 Å². The minimum Gasteiger partial charge on any atom is -0.409 e. The summed E-state index contributed by atoms with van der Waals surface area (Å²) < 4.78 is 1.67. The number of hydrogen-bond donors (Lipinski definition) is 2. The SMILES string of the molecule is NC(=NO)C1=NCN2C1=Cn1ncnc1-c1ccccc12. The fourth-order valence-corrected chi connectivity index (χ4v) is 2.57. The molecule has 0 unspecified atom stereocenters. The Labute approximate surface area is 119 Å². The van der Waals surface area contributed by atoms with Crippen LogP contribution in [0.3, 0.4) is 0 Å². The maximum atomic E-state index is 8.91. The number of para-hydroxylation sites is 1. The molecule has 0 fully saturated rings. The van der Waals surface area contributed by atoms with E-state index in [-0.39, 0.29) is 5.84 Å². The van der Waals surface area contributed by atoms with Crippen LogP contribution in [0.1, 0.15) is 0 Å². The molecule has 2 aromatic rings. The molecule has 8 nitrogen and oxygen atoms in total. The van der Waals surface area contributed by atoms with Crippen molar-refractivity contribution in [2.45, 2.75) is 0 Å². The lowest BCUT2D eigenvalue weighted by atomic mass is 10.1. The van der Waals surface area contributed by atoms with Crippen molar-refractivity contribution >= 4 is 23.4 Å². The zero-order valence-corrected chi connectivity index (χ0v) is 10.9. The molecule has 3 N–H and O–H groups in total. The highest BCUT2D eigenvalue weighted by Gasteiger charge is 2.31. The summed E-state index contributed by atoms with van der Waals surface area (Å²) >= 11 is 0. The molecule has 2 aliphatic rings. The van der Waals surface area contributed by atoms with E-state index < -0.39 is 0 Å². The first-order valence-electron chi connectivity index (χ1n) is 6.30. The van der Waals surface area contributed by atoms with Crippen LogP contribution in [0, 0.1) is 0 Å². The smallest absolute Gasteiger partial charge is 0.190 e. The average molecular weight is 281 g/mol. The lowest BCUT2D eigenvalue weighted by Crippen LogP contribution is -2.29. The van der Waals surface area contributed by atoms with Crippen molar-refractivity contribution in [1.29, 1.82) is 0 Å². The second-order valence-corrected chi connectivity index (χ2v) is 4.62. The number of oxime groups is 1. The van der Waals surface area contributed by atoms with Gasteiger partial charge in [0.1, 0.15) is 18.7 Å². The van der Waals surface area contributed by atoms with Gasteiger partial charge in [0.25, 0.3) is 0 Å². The molecule has 0 bridgehead atoms. The third kappa shape index (κ3) is 1.55.